The first-order valence-electron chi connectivity index (χ1n) is 9.81. The zero-order chi connectivity index (χ0) is 20.9. The van der Waals surface area contributed by atoms with Crippen molar-refractivity contribution < 1.29 is 14.3 Å². The predicted molar refractivity (Wildman–Crippen MR) is 116 cm³/mol. The number of amides is 1. The zero-order valence-corrected chi connectivity index (χ0v) is 17.9. The Morgan fingerprint density at radius 2 is 1.77 bits per heavy atom. The van der Waals surface area contributed by atoms with Gasteiger partial charge in [0.1, 0.15) is 5.75 Å². The first-order chi connectivity index (χ1) is 14.7. The summed E-state index contributed by atoms with van der Waals surface area (Å²) in [4.78, 5) is 14.4. The molecule has 4 rings (SSSR count). The maximum atomic E-state index is 12.6. The molecule has 1 fully saturated rings. The van der Waals surface area contributed by atoms with Gasteiger partial charge in [-0.15, -0.1) is 10.2 Å². The van der Waals surface area contributed by atoms with E-state index in [9.17, 15) is 4.79 Å². The third kappa shape index (κ3) is 4.49. The summed E-state index contributed by atoms with van der Waals surface area (Å²) in [5.41, 5.74) is 3.06. The average molecular weight is 425 g/mol. The van der Waals surface area contributed by atoms with E-state index < -0.39 is 0 Å². The number of carbonyl (C=O) groups is 1. The lowest BCUT2D eigenvalue weighted by Gasteiger charge is -2.26. The zero-order valence-electron chi connectivity index (χ0n) is 17.1. The van der Waals surface area contributed by atoms with Crippen LogP contribution in [0.1, 0.15) is 5.56 Å². The fourth-order valence-corrected chi connectivity index (χ4v) is 4.10. The van der Waals surface area contributed by atoms with E-state index in [2.05, 4.69) is 29.3 Å². The van der Waals surface area contributed by atoms with Crippen LogP contribution in [-0.2, 0) is 9.53 Å². The molecule has 0 radical (unpaired) electrons. The monoisotopic (exact) mass is 424 g/mol. The molecule has 3 aromatic rings. The van der Waals surface area contributed by atoms with E-state index >= 15 is 0 Å². The lowest BCUT2D eigenvalue weighted by molar-refractivity contribution is -0.132. The van der Waals surface area contributed by atoms with Gasteiger partial charge in [0.25, 0.3) is 0 Å². The molecule has 0 bridgehead atoms. The molecule has 0 atom stereocenters. The standard InChI is InChI=1S/C22H24N4O3S/c1-16-3-7-18(8-4-16)26-21(17-5-9-19(28-2)10-6-17)23-24-22(26)30-15-20(27)25-11-13-29-14-12-25/h3-10H,11-15H2,1-2H3. The smallest absolute Gasteiger partial charge is 0.233 e. The summed E-state index contributed by atoms with van der Waals surface area (Å²) in [6.07, 6.45) is 0. The number of benzene rings is 2. The minimum absolute atomic E-state index is 0.0905. The Labute approximate surface area is 180 Å². The number of thioether (sulfide) groups is 1. The van der Waals surface area contributed by atoms with Gasteiger partial charge in [0, 0.05) is 24.3 Å². The largest absolute Gasteiger partial charge is 0.497 e. The Hall–Kier alpha value is -2.84. The molecule has 0 unspecified atom stereocenters. The van der Waals surface area contributed by atoms with Gasteiger partial charge in [-0.3, -0.25) is 9.36 Å². The highest BCUT2D eigenvalue weighted by Gasteiger charge is 2.20. The van der Waals surface area contributed by atoms with Crippen molar-refractivity contribution in [3.05, 3.63) is 54.1 Å². The van der Waals surface area contributed by atoms with Crippen LogP contribution in [-0.4, -0.2) is 64.7 Å². The van der Waals surface area contributed by atoms with E-state index in [1.54, 1.807) is 7.11 Å². The Morgan fingerprint density at radius 3 is 2.43 bits per heavy atom. The molecule has 2 heterocycles. The minimum Gasteiger partial charge on any atom is -0.497 e. The molecular weight excluding hydrogens is 400 g/mol. The fraction of sp³-hybridized carbons (Fsp3) is 0.318. The Balaban J connectivity index is 1.63. The lowest BCUT2D eigenvalue weighted by atomic mass is 10.2. The number of carbonyl (C=O) groups excluding carboxylic acids is 1. The number of hydrogen-bond acceptors (Lipinski definition) is 6. The van der Waals surface area contributed by atoms with E-state index in [0.29, 0.717) is 37.2 Å². The van der Waals surface area contributed by atoms with Crippen LogP contribution < -0.4 is 4.74 Å². The average Bonchev–Trinajstić information content (AvgIpc) is 3.22. The molecule has 1 aliphatic rings. The number of ether oxygens (including phenoxy) is 2. The van der Waals surface area contributed by atoms with Crippen LogP contribution in [0.3, 0.4) is 0 Å². The lowest BCUT2D eigenvalue weighted by Crippen LogP contribution is -2.41. The van der Waals surface area contributed by atoms with Crippen molar-refractivity contribution in [2.24, 2.45) is 0 Å². The molecule has 2 aromatic carbocycles. The third-order valence-electron chi connectivity index (χ3n) is 4.96. The molecule has 0 N–H and O–H groups in total. The van der Waals surface area contributed by atoms with Crippen LogP contribution >= 0.6 is 11.8 Å². The molecule has 0 aliphatic carbocycles. The normalized spacial score (nSPS) is 14.0. The number of morpholine rings is 1. The SMILES string of the molecule is COc1ccc(-c2nnc(SCC(=O)N3CCOCC3)n2-c2ccc(C)cc2)cc1. The van der Waals surface area contributed by atoms with E-state index in [1.165, 1.54) is 17.3 Å². The maximum Gasteiger partial charge on any atom is 0.233 e. The van der Waals surface area contributed by atoms with Gasteiger partial charge >= 0.3 is 0 Å². The second kappa shape index (κ2) is 9.32. The first kappa shape index (κ1) is 20.4. The predicted octanol–water partition coefficient (Wildman–Crippen LogP) is 3.20. The highest BCUT2D eigenvalue weighted by atomic mass is 32.2. The van der Waals surface area contributed by atoms with Crippen LogP contribution in [0.15, 0.2) is 53.7 Å². The summed E-state index contributed by atoms with van der Waals surface area (Å²) in [5, 5.41) is 9.52. The van der Waals surface area contributed by atoms with Crippen LogP contribution in [0.25, 0.3) is 17.1 Å². The summed E-state index contributed by atoms with van der Waals surface area (Å²) in [6.45, 7) is 4.52. The third-order valence-corrected chi connectivity index (χ3v) is 5.88. The molecule has 30 heavy (non-hydrogen) atoms. The van der Waals surface area contributed by atoms with Crippen LogP contribution in [0.4, 0.5) is 0 Å². The molecule has 7 nitrogen and oxygen atoms in total. The highest BCUT2D eigenvalue weighted by molar-refractivity contribution is 7.99. The van der Waals surface area contributed by atoms with Crippen molar-refractivity contribution in [3.63, 3.8) is 0 Å². The highest BCUT2D eigenvalue weighted by Crippen LogP contribution is 2.29. The fourth-order valence-electron chi connectivity index (χ4n) is 3.25. The molecule has 0 spiro atoms. The number of methoxy groups -OCH3 is 1. The van der Waals surface area contributed by atoms with Crippen molar-refractivity contribution in [1.82, 2.24) is 19.7 Å². The van der Waals surface area contributed by atoms with Gasteiger partial charge in [0.05, 0.1) is 26.1 Å². The molecule has 156 valence electrons. The maximum absolute atomic E-state index is 12.6. The van der Waals surface area contributed by atoms with Crippen molar-refractivity contribution in [1.29, 1.82) is 0 Å². The minimum atomic E-state index is 0.0905. The topological polar surface area (TPSA) is 69.5 Å². The van der Waals surface area contributed by atoms with Crippen LogP contribution in [0, 0.1) is 6.92 Å². The number of aromatic nitrogens is 3. The summed E-state index contributed by atoms with van der Waals surface area (Å²) in [6, 6.07) is 15.9. The van der Waals surface area contributed by atoms with Crippen molar-refractivity contribution in [3.8, 4) is 22.8 Å². The van der Waals surface area contributed by atoms with Crippen LogP contribution in [0.5, 0.6) is 5.75 Å². The number of rotatable bonds is 6. The van der Waals surface area contributed by atoms with Gasteiger partial charge in [0.2, 0.25) is 5.91 Å². The molecule has 1 aliphatic heterocycles. The van der Waals surface area contributed by atoms with Gasteiger partial charge in [-0.05, 0) is 43.3 Å². The van der Waals surface area contributed by atoms with Gasteiger partial charge in [-0.25, -0.2) is 0 Å². The molecule has 1 amide bonds. The molecule has 0 saturated carbocycles. The van der Waals surface area contributed by atoms with Gasteiger partial charge in [0.15, 0.2) is 11.0 Å². The Bertz CT molecular complexity index is 996. The molecule has 8 heteroatoms. The van der Waals surface area contributed by atoms with E-state index in [1.807, 2.05) is 45.9 Å². The van der Waals surface area contributed by atoms with Gasteiger partial charge in [-0.1, -0.05) is 29.5 Å². The van der Waals surface area contributed by atoms with Gasteiger partial charge < -0.3 is 14.4 Å². The quantitative estimate of drug-likeness (QED) is 0.566. The summed E-state index contributed by atoms with van der Waals surface area (Å²) < 4.78 is 12.6. The van der Waals surface area contributed by atoms with Crippen molar-refractivity contribution in [2.75, 3.05) is 39.2 Å². The summed E-state index contributed by atoms with van der Waals surface area (Å²) >= 11 is 1.40. The van der Waals surface area contributed by atoms with E-state index in [4.69, 9.17) is 9.47 Å². The number of nitrogens with zero attached hydrogens (tertiary/aromatic N) is 4. The number of aryl methyl sites for hydroxylation is 1. The summed E-state index contributed by atoms with van der Waals surface area (Å²) in [7, 11) is 1.64. The van der Waals surface area contributed by atoms with Crippen molar-refractivity contribution >= 4 is 17.7 Å². The molecule has 1 aromatic heterocycles. The van der Waals surface area contributed by atoms with Crippen LogP contribution in [0.2, 0.25) is 0 Å². The Morgan fingerprint density at radius 1 is 1.07 bits per heavy atom. The second-order valence-corrected chi connectivity index (χ2v) is 7.93. The van der Waals surface area contributed by atoms with Gasteiger partial charge in [-0.2, -0.15) is 0 Å². The Kier molecular flexibility index (Phi) is 6.35. The molecule has 1 saturated heterocycles. The van der Waals surface area contributed by atoms with E-state index in [0.717, 1.165) is 22.8 Å². The van der Waals surface area contributed by atoms with Crippen molar-refractivity contribution in [2.45, 2.75) is 12.1 Å². The summed E-state index contributed by atoms with van der Waals surface area (Å²) in [5.74, 6) is 1.91. The van der Waals surface area contributed by atoms with E-state index in [-0.39, 0.29) is 5.91 Å². The first-order valence-corrected chi connectivity index (χ1v) is 10.8. The number of hydrogen-bond donors (Lipinski definition) is 0. The second-order valence-electron chi connectivity index (χ2n) is 6.99. The molecular formula is C22H24N4O3S.